The van der Waals surface area contributed by atoms with Gasteiger partial charge in [0.2, 0.25) is 6.33 Å². The lowest BCUT2D eigenvalue weighted by atomic mass is 9.92. The van der Waals surface area contributed by atoms with Gasteiger partial charge < -0.3 is 17.0 Å². The first kappa shape index (κ1) is 21.0. The van der Waals surface area contributed by atoms with Crippen LogP contribution in [-0.2, 0) is 6.54 Å². The van der Waals surface area contributed by atoms with Gasteiger partial charge in [0.05, 0.1) is 6.54 Å². The van der Waals surface area contributed by atoms with Gasteiger partial charge in [0.25, 0.3) is 0 Å². The fraction of sp³-hybridized carbons (Fsp3) is 0.571. The summed E-state index contributed by atoms with van der Waals surface area (Å²) in [6.07, 6.45) is 11.9. The first-order chi connectivity index (χ1) is 11.0. The van der Waals surface area contributed by atoms with E-state index in [1.807, 2.05) is 0 Å². The number of halogens is 1. The highest BCUT2D eigenvalue weighted by atomic mass is 79.9. The standard InChI is InChI=1S/C21H33N2.BrH/c1-6-7-8-9-13-22-14-15-23(16-22)21-19(17(2)3)11-10-12-20(21)18(4)5;/h10-12,14-18H,6-9,13H2,1-5H3;1H/q+1;/p-1. The van der Waals surface area contributed by atoms with E-state index in [1.165, 1.54) is 42.5 Å². The van der Waals surface area contributed by atoms with Gasteiger partial charge in [0, 0.05) is 11.1 Å². The van der Waals surface area contributed by atoms with Crippen LogP contribution in [0.15, 0.2) is 36.9 Å². The van der Waals surface area contributed by atoms with Crippen LogP contribution in [0.4, 0.5) is 0 Å². The predicted octanol–water partition coefficient (Wildman–Crippen LogP) is 2.60. The van der Waals surface area contributed by atoms with Gasteiger partial charge in [-0.15, -0.1) is 0 Å². The summed E-state index contributed by atoms with van der Waals surface area (Å²) >= 11 is 0. The minimum Gasteiger partial charge on any atom is -1.00 e. The first-order valence-corrected chi connectivity index (χ1v) is 9.24. The van der Waals surface area contributed by atoms with Crippen LogP contribution in [0.5, 0.6) is 0 Å². The average Bonchev–Trinajstić information content (AvgIpc) is 2.99. The number of benzene rings is 1. The Morgan fingerprint density at radius 2 is 1.58 bits per heavy atom. The van der Waals surface area contributed by atoms with Crippen molar-refractivity contribution in [2.24, 2.45) is 0 Å². The van der Waals surface area contributed by atoms with Gasteiger partial charge in [-0.2, -0.15) is 0 Å². The van der Waals surface area contributed by atoms with Crippen molar-refractivity contribution in [3.63, 3.8) is 0 Å². The zero-order valence-corrected chi connectivity index (χ0v) is 17.5. The smallest absolute Gasteiger partial charge is 0.248 e. The van der Waals surface area contributed by atoms with Crippen LogP contribution in [0, 0.1) is 0 Å². The Hall–Kier alpha value is -1.09. The number of aryl methyl sites for hydroxylation is 1. The number of hydrogen-bond acceptors (Lipinski definition) is 0. The van der Waals surface area contributed by atoms with Crippen molar-refractivity contribution in [3.8, 4) is 5.69 Å². The van der Waals surface area contributed by atoms with E-state index in [9.17, 15) is 0 Å². The Balaban J connectivity index is 0.00000288. The van der Waals surface area contributed by atoms with Crippen LogP contribution in [0.25, 0.3) is 5.69 Å². The Morgan fingerprint density at radius 1 is 0.958 bits per heavy atom. The molecule has 0 aliphatic rings. The van der Waals surface area contributed by atoms with E-state index >= 15 is 0 Å². The van der Waals surface area contributed by atoms with Crippen LogP contribution in [-0.4, -0.2) is 4.57 Å². The maximum absolute atomic E-state index is 2.33. The van der Waals surface area contributed by atoms with E-state index in [1.54, 1.807) is 0 Å². The molecular weight excluding hydrogens is 360 g/mol. The molecule has 0 atom stereocenters. The highest BCUT2D eigenvalue weighted by Crippen LogP contribution is 2.30. The normalized spacial score (nSPS) is 11.1. The maximum Gasteiger partial charge on any atom is 0.248 e. The SMILES string of the molecule is CCCCCC[n+]1ccn(-c2c(C(C)C)cccc2C(C)C)c1.[Br-]. The van der Waals surface area contributed by atoms with Crippen LogP contribution >= 0.6 is 0 Å². The second-order valence-corrected chi connectivity index (χ2v) is 7.21. The van der Waals surface area contributed by atoms with Crippen LogP contribution in [0.2, 0.25) is 0 Å². The summed E-state index contributed by atoms with van der Waals surface area (Å²) in [5.74, 6) is 1.06. The number of rotatable bonds is 8. The molecule has 3 heteroatoms. The monoisotopic (exact) mass is 392 g/mol. The number of para-hydroxylation sites is 1. The summed E-state index contributed by atoms with van der Waals surface area (Å²) in [4.78, 5) is 0. The van der Waals surface area contributed by atoms with Crippen molar-refractivity contribution < 1.29 is 21.5 Å². The predicted molar refractivity (Wildman–Crippen MR) is 98.3 cm³/mol. The molecule has 0 saturated carbocycles. The quantitative estimate of drug-likeness (QED) is 0.482. The molecule has 1 heterocycles. The van der Waals surface area contributed by atoms with E-state index in [4.69, 9.17) is 0 Å². The van der Waals surface area contributed by atoms with Crippen molar-refractivity contribution in [3.05, 3.63) is 48.0 Å². The second kappa shape index (κ2) is 10.0. The fourth-order valence-corrected chi connectivity index (χ4v) is 3.19. The third kappa shape index (κ3) is 5.20. The van der Waals surface area contributed by atoms with Gasteiger partial charge in [0.1, 0.15) is 18.1 Å². The molecule has 0 amide bonds. The summed E-state index contributed by atoms with van der Waals surface area (Å²) in [6, 6.07) is 6.76. The average molecular weight is 393 g/mol. The molecule has 0 fully saturated rings. The van der Waals surface area contributed by atoms with Crippen LogP contribution in [0.1, 0.15) is 83.3 Å². The molecule has 2 rings (SSSR count). The van der Waals surface area contributed by atoms with Gasteiger partial charge >= 0.3 is 0 Å². The molecule has 0 radical (unpaired) electrons. The van der Waals surface area contributed by atoms with Crippen LogP contribution in [0.3, 0.4) is 0 Å². The molecule has 134 valence electrons. The lowest BCUT2D eigenvalue weighted by Crippen LogP contribution is -3.00. The fourth-order valence-electron chi connectivity index (χ4n) is 3.19. The van der Waals surface area contributed by atoms with Gasteiger partial charge in [-0.3, -0.25) is 0 Å². The maximum atomic E-state index is 2.33. The molecule has 2 nitrogen and oxygen atoms in total. The number of unbranched alkanes of at least 4 members (excludes halogenated alkanes) is 3. The molecule has 0 unspecified atom stereocenters. The molecule has 0 bridgehead atoms. The molecule has 0 spiro atoms. The van der Waals surface area contributed by atoms with E-state index < -0.39 is 0 Å². The summed E-state index contributed by atoms with van der Waals surface area (Å²) in [7, 11) is 0. The minimum absolute atomic E-state index is 0. The Kier molecular flexibility index (Phi) is 8.75. The molecule has 24 heavy (non-hydrogen) atoms. The first-order valence-electron chi connectivity index (χ1n) is 9.24. The highest BCUT2D eigenvalue weighted by Gasteiger charge is 2.19. The van der Waals surface area contributed by atoms with Crippen molar-refractivity contribution in [2.45, 2.75) is 78.7 Å². The topological polar surface area (TPSA) is 8.81 Å². The molecule has 0 aliphatic carbocycles. The summed E-state index contributed by atoms with van der Waals surface area (Å²) < 4.78 is 4.65. The minimum atomic E-state index is 0. The lowest BCUT2D eigenvalue weighted by molar-refractivity contribution is -0.696. The third-order valence-electron chi connectivity index (χ3n) is 4.56. The molecule has 0 saturated heterocycles. The number of hydrogen-bond donors (Lipinski definition) is 0. The van der Waals surface area contributed by atoms with Crippen molar-refractivity contribution in [1.29, 1.82) is 0 Å². The van der Waals surface area contributed by atoms with E-state index in [0.717, 1.165) is 6.54 Å². The number of nitrogens with zero attached hydrogens (tertiary/aromatic N) is 2. The molecule has 0 N–H and O–H groups in total. The molecule has 2 aromatic rings. The molecule has 1 aromatic carbocycles. The van der Waals surface area contributed by atoms with Crippen LogP contribution < -0.4 is 21.5 Å². The molecular formula is C21H33BrN2. The zero-order valence-electron chi connectivity index (χ0n) is 15.9. The molecule has 1 aromatic heterocycles. The van der Waals surface area contributed by atoms with Gasteiger partial charge in [-0.25, -0.2) is 9.13 Å². The lowest BCUT2D eigenvalue weighted by Gasteiger charge is -2.16. The molecule has 0 aliphatic heterocycles. The Morgan fingerprint density at radius 3 is 2.12 bits per heavy atom. The number of imidazole rings is 1. The second-order valence-electron chi connectivity index (χ2n) is 7.21. The van der Waals surface area contributed by atoms with E-state index in [2.05, 4.69) is 80.7 Å². The van der Waals surface area contributed by atoms with Gasteiger partial charge in [-0.05, 0) is 24.7 Å². The van der Waals surface area contributed by atoms with E-state index in [0.29, 0.717) is 11.8 Å². The van der Waals surface area contributed by atoms with Crippen molar-refractivity contribution >= 4 is 0 Å². The largest absolute Gasteiger partial charge is 1.00 e. The Labute approximate surface area is 158 Å². The Bertz CT molecular complexity index is 588. The number of aromatic nitrogens is 2. The van der Waals surface area contributed by atoms with Gasteiger partial charge in [0.15, 0.2) is 0 Å². The van der Waals surface area contributed by atoms with Gasteiger partial charge in [-0.1, -0.05) is 65.7 Å². The summed E-state index contributed by atoms with van der Waals surface area (Å²) in [6.45, 7) is 12.5. The van der Waals surface area contributed by atoms with E-state index in [-0.39, 0.29) is 17.0 Å². The van der Waals surface area contributed by atoms with Crippen molar-refractivity contribution in [2.75, 3.05) is 0 Å². The summed E-state index contributed by atoms with van der Waals surface area (Å²) in [5, 5.41) is 0. The highest BCUT2D eigenvalue weighted by molar-refractivity contribution is 5.50. The van der Waals surface area contributed by atoms with Crippen molar-refractivity contribution in [1.82, 2.24) is 4.57 Å². The zero-order chi connectivity index (χ0) is 16.8. The summed E-state index contributed by atoms with van der Waals surface area (Å²) in [5.41, 5.74) is 4.25. The third-order valence-corrected chi connectivity index (χ3v) is 4.56.